The maximum atomic E-state index is 5.81. The highest BCUT2D eigenvalue weighted by molar-refractivity contribution is 6.16. The van der Waals surface area contributed by atoms with Crippen LogP contribution < -0.4 is 4.90 Å². The van der Waals surface area contributed by atoms with Crippen molar-refractivity contribution in [2.75, 3.05) is 31.7 Å². The quantitative estimate of drug-likeness (QED) is 0.702. The molecule has 4 heteroatoms. The van der Waals surface area contributed by atoms with Crippen LogP contribution in [0.15, 0.2) is 18.2 Å². The zero-order valence-corrected chi connectivity index (χ0v) is 11.6. The van der Waals surface area contributed by atoms with Gasteiger partial charge in [-0.15, -0.1) is 11.6 Å². The first kappa shape index (κ1) is 14.3. The molecule has 0 aliphatic heterocycles. The Bertz CT molecular complexity index is 331. The van der Waals surface area contributed by atoms with Crippen molar-refractivity contribution < 1.29 is 4.74 Å². The highest BCUT2D eigenvalue weighted by atomic mass is 35.5. The Morgan fingerprint density at radius 1 is 1.41 bits per heavy atom. The van der Waals surface area contributed by atoms with E-state index in [1.807, 2.05) is 18.2 Å². The number of rotatable bonds is 7. The van der Waals surface area contributed by atoms with Crippen LogP contribution in [0.2, 0.25) is 0 Å². The van der Waals surface area contributed by atoms with Gasteiger partial charge in [0.2, 0.25) is 0 Å². The molecule has 96 valence electrons. The lowest BCUT2D eigenvalue weighted by molar-refractivity contribution is 0.204. The summed E-state index contributed by atoms with van der Waals surface area (Å²) in [5.41, 5.74) is 0.912. The lowest BCUT2D eigenvalue weighted by Crippen LogP contribution is -2.31. The molecule has 0 radical (unpaired) electrons. The summed E-state index contributed by atoms with van der Waals surface area (Å²) in [4.78, 5) is 6.78. The van der Waals surface area contributed by atoms with E-state index in [4.69, 9.17) is 16.3 Å². The molecule has 0 saturated heterocycles. The first-order valence-corrected chi connectivity index (χ1v) is 6.46. The van der Waals surface area contributed by atoms with Gasteiger partial charge in [0.25, 0.3) is 0 Å². The van der Waals surface area contributed by atoms with E-state index < -0.39 is 0 Å². The van der Waals surface area contributed by atoms with Crippen LogP contribution in [-0.4, -0.2) is 31.8 Å². The van der Waals surface area contributed by atoms with E-state index in [2.05, 4.69) is 23.7 Å². The summed E-state index contributed by atoms with van der Waals surface area (Å²) in [6.45, 7) is 6.94. The molecule has 0 spiro atoms. The highest BCUT2D eigenvalue weighted by Crippen LogP contribution is 2.14. The molecule has 17 heavy (non-hydrogen) atoms. The molecule has 0 bridgehead atoms. The van der Waals surface area contributed by atoms with E-state index >= 15 is 0 Å². The average Bonchev–Trinajstić information content (AvgIpc) is 2.34. The molecule has 1 rings (SSSR count). The minimum absolute atomic E-state index is 0.452. The summed E-state index contributed by atoms with van der Waals surface area (Å²) in [6.07, 6.45) is 0. The molecule has 3 nitrogen and oxygen atoms in total. The van der Waals surface area contributed by atoms with Crippen molar-refractivity contribution in [3.63, 3.8) is 0 Å². The van der Waals surface area contributed by atoms with Gasteiger partial charge in [0.05, 0.1) is 18.2 Å². The average molecular weight is 257 g/mol. The van der Waals surface area contributed by atoms with Crippen LogP contribution in [0.1, 0.15) is 19.5 Å². The summed E-state index contributed by atoms with van der Waals surface area (Å²) >= 11 is 5.81. The standard InChI is InChI=1S/C13H21ClN2O/c1-11(2)10-16(7-8-17-3)13-6-4-5-12(9-14)15-13/h4-6,11H,7-10H2,1-3H3. The fourth-order valence-corrected chi connectivity index (χ4v) is 1.81. The Morgan fingerprint density at radius 2 is 2.18 bits per heavy atom. The third kappa shape index (κ3) is 4.92. The number of hydrogen-bond acceptors (Lipinski definition) is 3. The molecule has 0 fully saturated rings. The zero-order chi connectivity index (χ0) is 12.7. The third-order valence-electron chi connectivity index (χ3n) is 2.40. The summed E-state index contributed by atoms with van der Waals surface area (Å²) in [5, 5.41) is 0. The number of hydrogen-bond donors (Lipinski definition) is 0. The van der Waals surface area contributed by atoms with Crippen molar-refractivity contribution in [2.24, 2.45) is 5.92 Å². The third-order valence-corrected chi connectivity index (χ3v) is 2.68. The fourth-order valence-electron chi connectivity index (χ4n) is 1.66. The first-order chi connectivity index (χ1) is 8.17. The largest absolute Gasteiger partial charge is 0.383 e. The number of alkyl halides is 1. The number of pyridine rings is 1. The smallest absolute Gasteiger partial charge is 0.128 e. The number of anilines is 1. The van der Waals surface area contributed by atoms with Gasteiger partial charge in [0.1, 0.15) is 5.82 Å². The summed E-state index contributed by atoms with van der Waals surface area (Å²) in [7, 11) is 1.72. The summed E-state index contributed by atoms with van der Waals surface area (Å²) in [6, 6.07) is 5.97. The highest BCUT2D eigenvalue weighted by Gasteiger charge is 2.10. The number of nitrogens with zero attached hydrogens (tertiary/aromatic N) is 2. The molecule has 0 amide bonds. The van der Waals surface area contributed by atoms with Crippen molar-refractivity contribution in [2.45, 2.75) is 19.7 Å². The Hall–Kier alpha value is -0.800. The van der Waals surface area contributed by atoms with Crippen LogP contribution >= 0.6 is 11.6 Å². The van der Waals surface area contributed by atoms with Gasteiger partial charge in [-0.2, -0.15) is 0 Å². The Balaban J connectivity index is 2.78. The van der Waals surface area contributed by atoms with Gasteiger partial charge < -0.3 is 9.64 Å². The molecule has 0 saturated carbocycles. The molecule has 0 aliphatic rings. The van der Waals surface area contributed by atoms with Crippen molar-refractivity contribution in [1.82, 2.24) is 4.98 Å². The van der Waals surface area contributed by atoms with E-state index in [-0.39, 0.29) is 0 Å². The van der Waals surface area contributed by atoms with E-state index in [9.17, 15) is 0 Å². The molecule has 0 N–H and O–H groups in total. The number of methoxy groups -OCH3 is 1. The minimum Gasteiger partial charge on any atom is -0.383 e. The summed E-state index contributed by atoms with van der Waals surface area (Å²) in [5.74, 6) is 2.02. The van der Waals surface area contributed by atoms with Gasteiger partial charge in [0, 0.05) is 20.2 Å². The molecule has 0 aromatic carbocycles. The Labute approximate surface area is 109 Å². The van der Waals surface area contributed by atoms with Crippen LogP contribution in [0.25, 0.3) is 0 Å². The van der Waals surface area contributed by atoms with E-state index in [1.165, 1.54) is 0 Å². The molecule has 1 aromatic heterocycles. The second-order valence-corrected chi connectivity index (χ2v) is 4.72. The van der Waals surface area contributed by atoms with Crippen LogP contribution in [-0.2, 0) is 10.6 Å². The van der Waals surface area contributed by atoms with Gasteiger partial charge >= 0.3 is 0 Å². The zero-order valence-electron chi connectivity index (χ0n) is 10.8. The van der Waals surface area contributed by atoms with Crippen molar-refractivity contribution >= 4 is 17.4 Å². The second-order valence-electron chi connectivity index (χ2n) is 4.45. The number of ether oxygens (including phenoxy) is 1. The van der Waals surface area contributed by atoms with Crippen LogP contribution in [0.4, 0.5) is 5.82 Å². The van der Waals surface area contributed by atoms with Crippen LogP contribution in [0, 0.1) is 5.92 Å². The van der Waals surface area contributed by atoms with Gasteiger partial charge in [0.15, 0.2) is 0 Å². The topological polar surface area (TPSA) is 25.4 Å². The lowest BCUT2D eigenvalue weighted by atomic mass is 10.2. The fraction of sp³-hybridized carbons (Fsp3) is 0.615. The van der Waals surface area contributed by atoms with Crippen LogP contribution in [0.3, 0.4) is 0 Å². The lowest BCUT2D eigenvalue weighted by Gasteiger charge is -2.25. The van der Waals surface area contributed by atoms with Crippen molar-refractivity contribution in [3.05, 3.63) is 23.9 Å². The van der Waals surface area contributed by atoms with Crippen molar-refractivity contribution in [1.29, 1.82) is 0 Å². The molecule has 0 aliphatic carbocycles. The molecular formula is C13H21ClN2O. The normalized spacial score (nSPS) is 10.9. The second kappa shape index (κ2) is 7.51. The monoisotopic (exact) mass is 256 g/mol. The van der Waals surface area contributed by atoms with Gasteiger partial charge in [-0.3, -0.25) is 0 Å². The van der Waals surface area contributed by atoms with Gasteiger partial charge in [-0.25, -0.2) is 4.98 Å². The molecule has 0 atom stereocenters. The predicted molar refractivity (Wildman–Crippen MR) is 72.7 cm³/mol. The Morgan fingerprint density at radius 3 is 2.76 bits per heavy atom. The van der Waals surface area contributed by atoms with E-state index in [0.717, 1.165) is 24.6 Å². The van der Waals surface area contributed by atoms with Gasteiger partial charge in [-0.05, 0) is 18.1 Å². The Kier molecular flexibility index (Phi) is 6.30. The molecule has 1 aromatic rings. The maximum absolute atomic E-state index is 5.81. The maximum Gasteiger partial charge on any atom is 0.128 e. The van der Waals surface area contributed by atoms with E-state index in [0.29, 0.717) is 18.4 Å². The summed E-state index contributed by atoms with van der Waals surface area (Å²) < 4.78 is 5.14. The predicted octanol–water partition coefficient (Wildman–Crippen LogP) is 2.93. The van der Waals surface area contributed by atoms with E-state index in [1.54, 1.807) is 7.11 Å². The van der Waals surface area contributed by atoms with Crippen molar-refractivity contribution in [3.8, 4) is 0 Å². The van der Waals surface area contributed by atoms with Gasteiger partial charge in [-0.1, -0.05) is 19.9 Å². The number of halogens is 1. The molecular weight excluding hydrogens is 236 g/mol. The number of aromatic nitrogens is 1. The SMILES string of the molecule is COCCN(CC(C)C)c1cccc(CCl)n1. The molecule has 1 heterocycles. The molecule has 0 unspecified atom stereocenters. The first-order valence-electron chi connectivity index (χ1n) is 5.93. The minimum atomic E-state index is 0.452. The van der Waals surface area contributed by atoms with Crippen LogP contribution in [0.5, 0.6) is 0 Å².